The van der Waals surface area contributed by atoms with Crippen LogP contribution in [0.4, 0.5) is 23.7 Å². The van der Waals surface area contributed by atoms with Crippen LogP contribution in [0, 0.1) is 0 Å². The number of halogens is 3. The maximum absolute atomic E-state index is 12.9. The summed E-state index contributed by atoms with van der Waals surface area (Å²) in [5.41, 5.74) is -2.56. The summed E-state index contributed by atoms with van der Waals surface area (Å²) in [5.74, 6) is 0. The number of hydrogen-bond donors (Lipinski definition) is 1. The van der Waals surface area contributed by atoms with Crippen LogP contribution in [0.5, 0.6) is 0 Å². The number of nitrogens with one attached hydrogen (secondary N) is 1. The molecule has 18 heavy (non-hydrogen) atoms. The number of cyclic esters (lactones) is 1. The SMILES string of the molecule is CC.CC1(C(F)(F)F)OC(=O)Nc2ccccc21. The third kappa shape index (κ3) is 2.27. The molecule has 0 bridgehead atoms. The molecule has 0 spiro atoms. The van der Waals surface area contributed by atoms with E-state index in [4.69, 9.17) is 0 Å². The predicted molar refractivity (Wildman–Crippen MR) is 61.3 cm³/mol. The van der Waals surface area contributed by atoms with Crippen LogP contribution in [0.25, 0.3) is 0 Å². The van der Waals surface area contributed by atoms with Crippen molar-refractivity contribution in [3.63, 3.8) is 0 Å². The molecule has 1 aliphatic heterocycles. The Kier molecular flexibility index (Phi) is 3.88. The molecule has 1 heterocycles. The molecule has 1 unspecified atom stereocenters. The molecular formula is C12H14F3NO2. The molecule has 1 amide bonds. The van der Waals surface area contributed by atoms with Gasteiger partial charge in [0.15, 0.2) is 0 Å². The third-order valence-electron chi connectivity index (χ3n) is 2.52. The number of rotatable bonds is 0. The van der Waals surface area contributed by atoms with Gasteiger partial charge in [-0.2, -0.15) is 13.2 Å². The zero-order chi connectivity index (χ0) is 14.0. The normalized spacial score (nSPS) is 22.0. The van der Waals surface area contributed by atoms with Crippen LogP contribution in [0.15, 0.2) is 24.3 Å². The van der Waals surface area contributed by atoms with E-state index in [2.05, 4.69) is 10.1 Å². The largest absolute Gasteiger partial charge is 0.432 e. The minimum Gasteiger partial charge on any atom is -0.428 e. The topological polar surface area (TPSA) is 38.3 Å². The van der Waals surface area contributed by atoms with Gasteiger partial charge in [0, 0.05) is 5.56 Å². The molecule has 0 saturated carbocycles. The minimum atomic E-state index is -4.65. The zero-order valence-electron chi connectivity index (χ0n) is 10.3. The molecule has 1 aromatic carbocycles. The fourth-order valence-electron chi connectivity index (χ4n) is 1.59. The van der Waals surface area contributed by atoms with Crippen LogP contribution in [0.3, 0.4) is 0 Å². The molecule has 2 rings (SSSR count). The van der Waals surface area contributed by atoms with Gasteiger partial charge in [0.2, 0.25) is 5.60 Å². The first-order valence-corrected chi connectivity index (χ1v) is 5.51. The van der Waals surface area contributed by atoms with Crippen LogP contribution in [-0.2, 0) is 10.3 Å². The number of amides is 1. The summed E-state index contributed by atoms with van der Waals surface area (Å²) in [7, 11) is 0. The van der Waals surface area contributed by atoms with Crippen molar-refractivity contribution in [3.8, 4) is 0 Å². The molecule has 6 heteroatoms. The Morgan fingerprint density at radius 2 is 1.78 bits per heavy atom. The van der Waals surface area contributed by atoms with E-state index in [0.717, 1.165) is 6.92 Å². The van der Waals surface area contributed by atoms with E-state index >= 15 is 0 Å². The average molecular weight is 261 g/mol. The maximum atomic E-state index is 12.9. The number of ether oxygens (including phenoxy) is 1. The van der Waals surface area contributed by atoms with E-state index < -0.39 is 17.9 Å². The van der Waals surface area contributed by atoms with Gasteiger partial charge in [0.1, 0.15) is 0 Å². The van der Waals surface area contributed by atoms with Crippen molar-refractivity contribution in [2.45, 2.75) is 32.5 Å². The molecule has 1 aromatic rings. The number of carbonyl (C=O) groups excluding carboxylic acids is 1. The standard InChI is InChI=1S/C10H8F3NO2.C2H6/c1-9(10(11,12)13)6-4-2-3-5-7(6)14-8(15)16-9;1-2/h2-5H,1H3,(H,14,15);1-2H3. The van der Waals surface area contributed by atoms with Gasteiger partial charge in [-0.25, -0.2) is 4.79 Å². The molecule has 0 fully saturated rings. The van der Waals surface area contributed by atoms with E-state index in [1.54, 1.807) is 6.07 Å². The number of hydrogen-bond acceptors (Lipinski definition) is 2. The highest BCUT2D eigenvalue weighted by molar-refractivity contribution is 5.88. The number of alkyl halides is 3. The van der Waals surface area contributed by atoms with Crippen molar-refractivity contribution in [1.29, 1.82) is 0 Å². The van der Waals surface area contributed by atoms with Gasteiger partial charge in [-0.15, -0.1) is 0 Å². The Morgan fingerprint density at radius 3 is 2.33 bits per heavy atom. The molecule has 100 valence electrons. The van der Waals surface area contributed by atoms with Gasteiger partial charge in [-0.3, -0.25) is 5.32 Å². The van der Waals surface area contributed by atoms with Gasteiger partial charge < -0.3 is 4.74 Å². The van der Waals surface area contributed by atoms with E-state index in [9.17, 15) is 18.0 Å². The Morgan fingerprint density at radius 1 is 1.22 bits per heavy atom. The molecule has 0 aliphatic carbocycles. The Hall–Kier alpha value is -1.72. The van der Waals surface area contributed by atoms with E-state index in [1.807, 2.05) is 13.8 Å². The maximum Gasteiger partial charge on any atom is 0.432 e. The second kappa shape index (κ2) is 4.88. The molecule has 0 radical (unpaired) electrons. The summed E-state index contributed by atoms with van der Waals surface area (Å²) in [6.45, 7) is 4.84. The highest BCUT2D eigenvalue weighted by Gasteiger charge is 2.58. The summed E-state index contributed by atoms with van der Waals surface area (Å²) >= 11 is 0. The number of carbonyl (C=O) groups is 1. The smallest absolute Gasteiger partial charge is 0.428 e. The fraction of sp³-hybridized carbons (Fsp3) is 0.417. The van der Waals surface area contributed by atoms with Crippen LogP contribution < -0.4 is 5.32 Å². The summed E-state index contributed by atoms with van der Waals surface area (Å²) in [5, 5.41) is 2.23. The lowest BCUT2D eigenvalue weighted by Gasteiger charge is -2.36. The lowest BCUT2D eigenvalue weighted by molar-refractivity contribution is -0.257. The summed E-state index contributed by atoms with van der Waals surface area (Å²) < 4.78 is 43.0. The van der Waals surface area contributed by atoms with Gasteiger partial charge >= 0.3 is 12.3 Å². The highest BCUT2D eigenvalue weighted by Crippen LogP contribution is 2.46. The van der Waals surface area contributed by atoms with Crippen molar-refractivity contribution in [2.24, 2.45) is 0 Å². The van der Waals surface area contributed by atoms with Crippen molar-refractivity contribution in [1.82, 2.24) is 0 Å². The van der Waals surface area contributed by atoms with Crippen molar-refractivity contribution in [2.75, 3.05) is 5.32 Å². The molecule has 1 N–H and O–H groups in total. The van der Waals surface area contributed by atoms with Gasteiger partial charge in [-0.1, -0.05) is 32.0 Å². The Labute approximate surface area is 103 Å². The lowest BCUT2D eigenvalue weighted by atomic mass is 9.92. The van der Waals surface area contributed by atoms with Crippen molar-refractivity contribution >= 4 is 11.8 Å². The third-order valence-corrected chi connectivity index (χ3v) is 2.52. The first-order valence-electron chi connectivity index (χ1n) is 5.51. The van der Waals surface area contributed by atoms with Crippen LogP contribution in [-0.4, -0.2) is 12.3 Å². The molecule has 0 aromatic heterocycles. The van der Waals surface area contributed by atoms with Gasteiger partial charge in [-0.05, 0) is 13.0 Å². The minimum absolute atomic E-state index is 0.0953. The van der Waals surface area contributed by atoms with E-state index in [-0.39, 0.29) is 11.3 Å². The molecule has 1 atom stereocenters. The molecule has 1 aliphatic rings. The lowest BCUT2D eigenvalue weighted by Crippen LogP contribution is -2.47. The van der Waals surface area contributed by atoms with E-state index in [1.165, 1.54) is 18.2 Å². The highest BCUT2D eigenvalue weighted by atomic mass is 19.4. The Balaban J connectivity index is 0.000000771. The number of para-hydroxylation sites is 1. The molecule has 0 saturated heterocycles. The molecular weight excluding hydrogens is 247 g/mol. The van der Waals surface area contributed by atoms with Crippen molar-refractivity contribution < 1.29 is 22.7 Å². The molecule has 3 nitrogen and oxygen atoms in total. The summed E-state index contributed by atoms with van der Waals surface area (Å²) in [4.78, 5) is 11.1. The quantitative estimate of drug-likeness (QED) is 0.765. The van der Waals surface area contributed by atoms with Gasteiger partial charge in [0.05, 0.1) is 5.69 Å². The summed E-state index contributed by atoms with van der Waals surface area (Å²) in [6.07, 6.45) is -5.75. The van der Waals surface area contributed by atoms with E-state index in [0.29, 0.717) is 0 Å². The Bertz CT molecular complexity index is 445. The second-order valence-corrected chi connectivity index (χ2v) is 3.59. The first kappa shape index (κ1) is 14.3. The van der Waals surface area contributed by atoms with Gasteiger partial charge in [0.25, 0.3) is 0 Å². The predicted octanol–water partition coefficient (Wildman–Crippen LogP) is 4.05. The number of fused-ring (bicyclic) bond motifs is 1. The zero-order valence-corrected chi connectivity index (χ0v) is 10.3. The number of anilines is 1. The fourth-order valence-corrected chi connectivity index (χ4v) is 1.59. The van der Waals surface area contributed by atoms with Crippen LogP contribution in [0.1, 0.15) is 26.3 Å². The number of benzene rings is 1. The van der Waals surface area contributed by atoms with Crippen molar-refractivity contribution in [3.05, 3.63) is 29.8 Å². The average Bonchev–Trinajstić information content (AvgIpc) is 2.30. The van der Waals surface area contributed by atoms with Crippen LogP contribution in [0.2, 0.25) is 0 Å². The first-order chi connectivity index (χ1) is 8.34. The summed E-state index contributed by atoms with van der Waals surface area (Å²) in [6, 6.07) is 5.69. The second-order valence-electron chi connectivity index (χ2n) is 3.59. The van der Waals surface area contributed by atoms with Crippen LogP contribution >= 0.6 is 0 Å². The monoisotopic (exact) mass is 261 g/mol.